The normalized spacial score (nSPS) is 14.4. The summed E-state index contributed by atoms with van der Waals surface area (Å²) in [6.07, 6.45) is 5.53. The van der Waals surface area contributed by atoms with E-state index in [1.165, 1.54) is 13.5 Å². The summed E-state index contributed by atoms with van der Waals surface area (Å²) >= 11 is 0. The molecule has 7 nitrogen and oxygen atoms in total. The molecule has 7 heteroatoms. The summed E-state index contributed by atoms with van der Waals surface area (Å²) in [7, 11) is 1.33. The van der Waals surface area contributed by atoms with Crippen LogP contribution in [0.2, 0.25) is 0 Å². The number of hydrogen-bond donors (Lipinski definition) is 2. The van der Waals surface area contributed by atoms with Crippen molar-refractivity contribution in [3.05, 3.63) is 47.4 Å². The maximum absolute atomic E-state index is 12.6. The highest BCUT2D eigenvalue weighted by molar-refractivity contribution is 5.97. The number of nitrogens with one attached hydrogen (secondary N) is 2. The number of ether oxygens (including phenoxy) is 1. The van der Waals surface area contributed by atoms with Crippen LogP contribution in [0.15, 0.2) is 30.3 Å². The smallest absolute Gasteiger partial charge is 0.339 e. The van der Waals surface area contributed by atoms with Crippen molar-refractivity contribution >= 4 is 23.4 Å². The van der Waals surface area contributed by atoms with Gasteiger partial charge in [0.2, 0.25) is 0 Å². The van der Waals surface area contributed by atoms with Gasteiger partial charge in [-0.2, -0.15) is 0 Å². The molecule has 1 aromatic heterocycles. The third-order valence-corrected chi connectivity index (χ3v) is 4.61. The molecule has 0 aliphatic heterocycles. The van der Waals surface area contributed by atoms with Crippen LogP contribution in [0.5, 0.6) is 0 Å². The molecule has 1 heterocycles. The minimum atomic E-state index is -0.445. The van der Waals surface area contributed by atoms with Crippen molar-refractivity contribution < 1.29 is 14.3 Å². The largest absolute Gasteiger partial charge is 0.465 e. The van der Waals surface area contributed by atoms with Crippen molar-refractivity contribution in [3.63, 3.8) is 0 Å². The molecule has 1 amide bonds. The standard InChI is InChI=1S/C20H24N4O3/c1-13-21-17(19(25)23-14-8-4-3-5-9-14)12-18(22-13)24-16-11-7-6-10-15(16)20(26)27-2/h6-7,10-12,14H,3-5,8-9H2,1-2H3,(H,23,25)(H,21,22,24). The minimum absolute atomic E-state index is 0.197. The van der Waals surface area contributed by atoms with E-state index in [1.807, 2.05) is 0 Å². The lowest BCUT2D eigenvalue weighted by molar-refractivity contribution is 0.0601. The predicted molar refractivity (Wildman–Crippen MR) is 102 cm³/mol. The number of carbonyl (C=O) groups is 2. The van der Waals surface area contributed by atoms with Gasteiger partial charge in [-0.1, -0.05) is 31.4 Å². The third kappa shape index (κ3) is 4.81. The average molecular weight is 368 g/mol. The minimum Gasteiger partial charge on any atom is -0.465 e. The second kappa shape index (κ2) is 8.62. The number of rotatable bonds is 5. The number of aromatic nitrogens is 2. The van der Waals surface area contributed by atoms with Gasteiger partial charge in [-0.3, -0.25) is 4.79 Å². The van der Waals surface area contributed by atoms with Gasteiger partial charge >= 0.3 is 5.97 Å². The molecule has 0 spiro atoms. The highest BCUT2D eigenvalue weighted by Crippen LogP contribution is 2.22. The van der Waals surface area contributed by atoms with Crippen LogP contribution in [0.25, 0.3) is 0 Å². The monoisotopic (exact) mass is 368 g/mol. The van der Waals surface area contributed by atoms with Crippen LogP contribution < -0.4 is 10.6 Å². The predicted octanol–water partition coefficient (Wildman–Crippen LogP) is 3.38. The van der Waals surface area contributed by atoms with Crippen molar-refractivity contribution in [2.75, 3.05) is 12.4 Å². The Labute approximate surface area is 158 Å². The zero-order valence-electron chi connectivity index (χ0n) is 15.6. The zero-order chi connectivity index (χ0) is 19.2. The second-order valence-corrected chi connectivity index (χ2v) is 6.66. The van der Waals surface area contributed by atoms with E-state index in [-0.39, 0.29) is 11.9 Å². The number of esters is 1. The molecule has 0 unspecified atom stereocenters. The van der Waals surface area contributed by atoms with Crippen LogP contribution in [-0.4, -0.2) is 35.0 Å². The summed E-state index contributed by atoms with van der Waals surface area (Å²) in [6.45, 7) is 1.73. The molecule has 0 bridgehead atoms. The summed E-state index contributed by atoms with van der Waals surface area (Å²) in [5, 5.41) is 6.16. The van der Waals surface area contributed by atoms with Crippen LogP contribution in [0, 0.1) is 6.92 Å². The molecule has 2 aromatic rings. The van der Waals surface area contributed by atoms with Crippen molar-refractivity contribution in [1.29, 1.82) is 0 Å². The Bertz CT molecular complexity index is 832. The van der Waals surface area contributed by atoms with Gasteiger partial charge in [0.15, 0.2) is 0 Å². The van der Waals surface area contributed by atoms with Crippen LogP contribution >= 0.6 is 0 Å². The Morgan fingerprint density at radius 1 is 1.11 bits per heavy atom. The van der Waals surface area contributed by atoms with E-state index in [0.717, 1.165) is 25.7 Å². The number of hydrogen-bond acceptors (Lipinski definition) is 6. The van der Waals surface area contributed by atoms with Gasteiger partial charge in [-0.05, 0) is 31.9 Å². The van der Waals surface area contributed by atoms with Gasteiger partial charge in [-0.25, -0.2) is 14.8 Å². The van der Waals surface area contributed by atoms with Gasteiger partial charge in [-0.15, -0.1) is 0 Å². The number of para-hydroxylation sites is 1. The number of benzene rings is 1. The van der Waals surface area contributed by atoms with Crippen LogP contribution in [0.3, 0.4) is 0 Å². The van der Waals surface area contributed by atoms with Crippen molar-refractivity contribution in [1.82, 2.24) is 15.3 Å². The molecule has 2 N–H and O–H groups in total. The third-order valence-electron chi connectivity index (χ3n) is 4.61. The quantitative estimate of drug-likeness (QED) is 0.786. The Kier molecular flexibility index (Phi) is 6.01. The molecule has 1 fully saturated rings. The molecule has 1 aromatic carbocycles. The van der Waals surface area contributed by atoms with Crippen LogP contribution in [-0.2, 0) is 4.74 Å². The van der Waals surface area contributed by atoms with Crippen molar-refractivity contribution in [2.45, 2.75) is 45.1 Å². The molecule has 27 heavy (non-hydrogen) atoms. The first-order valence-electron chi connectivity index (χ1n) is 9.17. The maximum Gasteiger partial charge on any atom is 0.339 e. The lowest BCUT2D eigenvalue weighted by Crippen LogP contribution is -2.36. The summed E-state index contributed by atoms with van der Waals surface area (Å²) in [5.41, 5.74) is 1.26. The van der Waals surface area contributed by atoms with E-state index < -0.39 is 5.97 Å². The van der Waals surface area contributed by atoms with Crippen molar-refractivity contribution in [3.8, 4) is 0 Å². The second-order valence-electron chi connectivity index (χ2n) is 6.66. The van der Waals surface area contributed by atoms with Gasteiger partial charge in [0.25, 0.3) is 5.91 Å². The zero-order valence-corrected chi connectivity index (χ0v) is 15.6. The lowest BCUT2D eigenvalue weighted by atomic mass is 9.95. The fourth-order valence-electron chi connectivity index (χ4n) is 3.27. The van der Waals surface area contributed by atoms with Crippen LogP contribution in [0.1, 0.15) is 58.8 Å². The van der Waals surface area contributed by atoms with E-state index in [4.69, 9.17) is 4.74 Å². The molecule has 0 radical (unpaired) electrons. The fraction of sp³-hybridized carbons (Fsp3) is 0.400. The van der Waals surface area contributed by atoms with Gasteiger partial charge in [0.1, 0.15) is 17.3 Å². The molecule has 3 rings (SSSR count). The fourth-order valence-corrected chi connectivity index (χ4v) is 3.27. The topological polar surface area (TPSA) is 93.2 Å². The van der Waals surface area contributed by atoms with E-state index in [2.05, 4.69) is 20.6 Å². The summed E-state index contributed by atoms with van der Waals surface area (Å²) < 4.78 is 4.81. The summed E-state index contributed by atoms with van der Waals surface area (Å²) in [6, 6.07) is 8.78. The highest BCUT2D eigenvalue weighted by atomic mass is 16.5. The highest BCUT2D eigenvalue weighted by Gasteiger charge is 2.19. The number of amides is 1. The molecule has 142 valence electrons. The molecular weight excluding hydrogens is 344 g/mol. The Morgan fingerprint density at radius 3 is 2.59 bits per heavy atom. The first-order valence-corrected chi connectivity index (χ1v) is 9.17. The number of methoxy groups -OCH3 is 1. The number of anilines is 2. The Morgan fingerprint density at radius 2 is 1.85 bits per heavy atom. The number of carbonyl (C=O) groups excluding carboxylic acids is 2. The average Bonchev–Trinajstić information content (AvgIpc) is 2.68. The number of nitrogens with zero attached hydrogens (tertiary/aromatic N) is 2. The molecular formula is C20H24N4O3. The van der Waals surface area contributed by atoms with E-state index >= 15 is 0 Å². The van der Waals surface area contributed by atoms with E-state index in [0.29, 0.717) is 28.6 Å². The summed E-state index contributed by atoms with van der Waals surface area (Å²) in [4.78, 5) is 33.1. The van der Waals surface area contributed by atoms with E-state index in [9.17, 15) is 9.59 Å². The van der Waals surface area contributed by atoms with Crippen LogP contribution in [0.4, 0.5) is 11.5 Å². The Hall–Kier alpha value is -2.96. The molecule has 0 atom stereocenters. The first kappa shape index (κ1) is 18.8. The first-order chi connectivity index (χ1) is 13.1. The summed E-state index contributed by atoms with van der Waals surface area (Å²) in [5.74, 6) is 0.285. The van der Waals surface area contributed by atoms with Gasteiger partial charge < -0.3 is 15.4 Å². The molecule has 1 aliphatic rings. The Balaban J connectivity index is 1.79. The SMILES string of the molecule is COC(=O)c1ccccc1Nc1cc(C(=O)NC2CCCCC2)nc(C)n1. The van der Waals surface area contributed by atoms with Gasteiger partial charge in [0.05, 0.1) is 18.4 Å². The van der Waals surface area contributed by atoms with E-state index in [1.54, 1.807) is 37.3 Å². The van der Waals surface area contributed by atoms with Crippen molar-refractivity contribution in [2.24, 2.45) is 0 Å². The molecule has 0 saturated heterocycles. The lowest BCUT2D eigenvalue weighted by Gasteiger charge is -2.22. The number of aryl methyl sites for hydroxylation is 1. The maximum atomic E-state index is 12.6. The van der Waals surface area contributed by atoms with Gasteiger partial charge in [0, 0.05) is 12.1 Å². The molecule has 1 saturated carbocycles. The molecule has 1 aliphatic carbocycles.